The molecule has 1 aromatic carbocycles. The Labute approximate surface area is 163 Å². The van der Waals surface area contributed by atoms with Gasteiger partial charge in [0.25, 0.3) is 0 Å². The summed E-state index contributed by atoms with van der Waals surface area (Å²) < 4.78 is 7.00. The van der Waals surface area contributed by atoms with Gasteiger partial charge in [0.2, 0.25) is 5.91 Å². The maximum absolute atomic E-state index is 11.9. The zero-order valence-corrected chi connectivity index (χ0v) is 15.8. The first-order valence-corrected chi connectivity index (χ1v) is 9.07. The van der Waals surface area contributed by atoms with Crippen LogP contribution < -0.4 is 16.0 Å². The van der Waals surface area contributed by atoms with E-state index in [-0.39, 0.29) is 12.5 Å². The molecule has 0 atom stereocenters. The molecule has 8 heteroatoms. The first-order chi connectivity index (χ1) is 13.7. The van der Waals surface area contributed by atoms with E-state index in [1.54, 1.807) is 25.6 Å². The average molecular weight is 380 g/mol. The smallest absolute Gasteiger partial charge is 0.239 e. The monoisotopic (exact) mass is 380 g/mol. The van der Waals surface area contributed by atoms with Gasteiger partial charge in [0.1, 0.15) is 5.76 Å². The number of nitrogens with zero attached hydrogens (tertiary/aromatic N) is 3. The van der Waals surface area contributed by atoms with Gasteiger partial charge in [-0.2, -0.15) is 5.10 Å². The third-order valence-electron chi connectivity index (χ3n) is 4.09. The lowest BCUT2D eigenvalue weighted by atomic mass is 10.1. The molecule has 2 heterocycles. The van der Waals surface area contributed by atoms with E-state index in [4.69, 9.17) is 4.42 Å². The summed E-state index contributed by atoms with van der Waals surface area (Å²) in [4.78, 5) is 16.0. The molecule has 1 amide bonds. The molecule has 3 aromatic rings. The largest absolute Gasteiger partial charge is 0.467 e. The zero-order valence-electron chi connectivity index (χ0n) is 15.8. The van der Waals surface area contributed by atoms with Crippen LogP contribution in [0, 0.1) is 0 Å². The van der Waals surface area contributed by atoms with Crippen LogP contribution >= 0.6 is 0 Å². The fourth-order valence-corrected chi connectivity index (χ4v) is 2.61. The lowest BCUT2D eigenvalue weighted by molar-refractivity contribution is -0.120. The molecule has 28 heavy (non-hydrogen) atoms. The SMILES string of the molecule is CN=C(NCCc1ccc(-n2cccn2)cc1)NCC(=O)NCc1ccco1. The zero-order chi connectivity index (χ0) is 19.6. The number of rotatable bonds is 8. The van der Waals surface area contributed by atoms with E-state index >= 15 is 0 Å². The molecule has 0 aliphatic carbocycles. The molecule has 0 saturated heterocycles. The van der Waals surface area contributed by atoms with Crippen LogP contribution in [0.25, 0.3) is 5.69 Å². The Morgan fingerprint density at radius 3 is 2.68 bits per heavy atom. The highest BCUT2D eigenvalue weighted by molar-refractivity contribution is 5.86. The maximum Gasteiger partial charge on any atom is 0.239 e. The van der Waals surface area contributed by atoms with Crippen LogP contribution in [-0.4, -0.2) is 41.8 Å². The number of aliphatic imine (C=N–C) groups is 1. The molecule has 0 spiro atoms. The standard InChI is InChI=1S/C20H24N6O2/c1-21-20(24-15-19(27)23-14-18-4-2-13-28-18)22-11-9-16-5-7-17(8-6-16)26-12-3-10-25-26/h2-8,10,12-13H,9,11,14-15H2,1H3,(H,23,27)(H2,21,22,24). The van der Waals surface area contributed by atoms with Gasteiger partial charge in [0.15, 0.2) is 5.96 Å². The molecule has 0 aliphatic rings. The average Bonchev–Trinajstić information content (AvgIpc) is 3.43. The van der Waals surface area contributed by atoms with Crippen LogP contribution in [0.5, 0.6) is 0 Å². The second-order valence-corrected chi connectivity index (χ2v) is 6.08. The first-order valence-electron chi connectivity index (χ1n) is 9.07. The second kappa shape index (κ2) is 9.96. The van der Waals surface area contributed by atoms with Crippen molar-refractivity contribution in [1.29, 1.82) is 0 Å². The molecule has 2 aromatic heterocycles. The molecule has 146 valence electrons. The number of amides is 1. The van der Waals surface area contributed by atoms with Gasteiger partial charge in [-0.25, -0.2) is 4.68 Å². The number of carbonyl (C=O) groups is 1. The maximum atomic E-state index is 11.9. The molecule has 0 fully saturated rings. The van der Waals surface area contributed by atoms with Gasteiger partial charge in [-0.3, -0.25) is 9.79 Å². The molecule has 3 N–H and O–H groups in total. The summed E-state index contributed by atoms with van der Waals surface area (Å²) in [6.45, 7) is 1.21. The second-order valence-electron chi connectivity index (χ2n) is 6.08. The van der Waals surface area contributed by atoms with Crippen molar-refractivity contribution in [2.24, 2.45) is 4.99 Å². The number of hydrogen-bond acceptors (Lipinski definition) is 4. The van der Waals surface area contributed by atoms with Gasteiger partial charge in [-0.05, 0) is 42.3 Å². The molecule has 8 nitrogen and oxygen atoms in total. The van der Waals surface area contributed by atoms with Gasteiger partial charge >= 0.3 is 0 Å². The van der Waals surface area contributed by atoms with Crippen molar-refractivity contribution in [1.82, 2.24) is 25.7 Å². The van der Waals surface area contributed by atoms with Crippen LogP contribution in [0.2, 0.25) is 0 Å². The summed E-state index contributed by atoms with van der Waals surface area (Å²) in [6, 6.07) is 13.7. The molecule has 0 unspecified atom stereocenters. The van der Waals surface area contributed by atoms with Crippen molar-refractivity contribution in [2.45, 2.75) is 13.0 Å². The van der Waals surface area contributed by atoms with E-state index in [1.807, 2.05) is 35.1 Å². The predicted octanol–water partition coefficient (Wildman–Crippen LogP) is 1.49. The van der Waals surface area contributed by atoms with Gasteiger partial charge < -0.3 is 20.4 Å². The van der Waals surface area contributed by atoms with E-state index in [0.29, 0.717) is 19.0 Å². The minimum absolute atomic E-state index is 0.131. The van der Waals surface area contributed by atoms with Crippen LogP contribution in [0.15, 0.2) is 70.5 Å². The van der Waals surface area contributed by atoms with Crippen molar-refractivity contribution < 1.29 is 9.21 Å². The number of furan rings is 1. The fraction of sp³-hybridized carbons (Fsp3) is 0.250. The van der Waals surface area contributed by atoms with E-state index in [9.17, 15) is 4.79 Å². The third-order valence-corrected chi connectivity index (χ3v) is 4.09. The number of hydrogen-bond donors (Lipinski definition) is 3. The Morgan fingerprint density at radius 1 is 1.14 bits per heavy atom. The Hall–Kier alpha value is -3.55. The van der Waals surface area contributed by atoms with Crippen molar-refractivity contribution in [3.8, 4) is 5.69 Å². The number of nitrogens with one attached hydrogen (secondary N) is 3. The minimum atomic E-state index is -0.131. The quantitative estimate of drug-likeness (QED) is 0.406. The molecule has 0 saturated carbocycles. The number of carbonyl (C=O) groups excluding carboxylic acids is 1. The fourth-order valence-electron chi connectivity index (χ4n) is 2.61. The van der Waals surface area contributed by atoms with Crippen LogP contribution in [0.4, 0.5) is 0 Å². The normalized spacial score (nSPS) is 11.2. The molecule has 0 radical (unpaired) electrons. The van der Waals surface area contributed by atoms with Crippen molar-refractivity contribution in [3.05, 3.63) is 72.4 Å². The Kier molecular flexibility index (Phi) is 6.84. The van der Waals surface area contributed by atoms with Crippen molar-refractivity contribution in [2.75, 3.05) is 20.1 Å². The summed E-state index contributed by atoms with van der Waals surface area (Å²) in [6.07, 6.45) is 6.09. The first kappa shape index (κ1) is 19.2. The summed E-state index contributed by atoms with van der Waals surface area (Å²) in [5.41, 5.74) is 2.23. The van der Waals surface area contributed by atoms with Crippen LogP contribution in [-0.2, 0) is 17.8 Å². The summed E-state index contributed by atoms with van der Waals surface area (Å²) in [7, 11) is 1.68. The molecule has 0 bridgehead atoms. The Bertz CT molecular complexity index is 870. The highest BCUT2D eigenvalue weighted by Gasteiger charge is 2.05. The predicted molar refractivity (Wildman–Crippen MR) is 107 cm³/mol. The highest BCUT2D eigenvalue weighted by atomic mass is 16.3. The summed E-state index contributed by atoms with van der Waals surface area (Å²) >= 11 is 0. The van der Waals surface area contributed by atoms with E-state index in [2.05, 4.69) is 38.2 Å². The van der Waals surface area contributed by atoms with E-state index < -0.39 is 0 Å². The highest BCUT2D eigenvalue weighted by Crippen LogP contribution is 2.08. The number of guanidine groups is 1. The topological polar surface area (TPSA) is 96.5 Å². The summed E-state index contributed by atoms with van der Waals surface area (Å²) in [5, 5.41) is 13.2. The van der Waals surface area contributed by atoms with E-state index in [1.165, 1.54) is 5.56 Å². The lowest BCUT2D eigenvalue weighted by Gasteiger charge is -2.12. The third kappa shape index (κ3) is 5.73. The molecular weight excluding hydrogens is 356 g/mol. The minimum Gasteiger partial charge on any atom is -0.467 e. The van der Waals surface area contributed by atoms with Gasteiger partial charge in [0.05, 0.1) is 25.0 Å². The van der Waals surface area contributed by atoms with Gasteiger partial charge in [-0.1, -0.05) is 12.1 Å². The lowest BCUT2D eigenvalue weighted by Crippen LogP contribution is -2.43. The van der Waals surface area contributed by atoms with Gasteiger partial charge in [0, 0.05) is 26.0 Å². The van der Waals surface area contributed by atoms with Crippen LogP contribution in [0.3, 0.4) is 0 Å². The number of benzene rings is 1. The Balaban J connectivity index is 1.36. The van der Waals surface area contributed by atoms with Crippen LogP contribution in [0.1, 0.15) is 11.3 Å². The number of aromatic nitrogens is 2. The van der Waals surface area contributed by atoms with Crippen molar-refractivity contribution in [3.63, 3.8) is 0 Å². The molecule has 0 aliphatic heterocycles. The van der Waals surface area contributed by atoms with E-state index in [0.717, 1.165) is 17.9 Å². The Morgan fingerprint density at radius 2 is 2.00 bits per heavy atom. The van der Waals surface area contributed by atoms with Gasteiger partial charge in [-0.15, -0.1) is 0 Å². The molecular formula is C20H24N6O2. The molecule has 3 rings (SSSR count). The van der Waals surface area contributed by atoms with Crippen molar-refractivity contribution >= 4 is 11.9 Å². The summed E-state index contributed by atoms with van der Waals surface area (Å²) in [5.74, 6) is 1.17.